The number of para-hydroxylation sites is 2. The molecule has 1 aromatic heterocycles. The van der Waals surface area contributed by atoms with Crippen molar-refractivity contribution in [2.45, 2.75) is 20.3 Å². The van der Waals surface area contributed by atoms with Crippen LogP contribution in [0.4, 0.5) is 0 Å². The Balaban J connectivity index is 1.78. The molecule has 0 bridgehead atoms. The van der Waals surface area contributed by atoms with Gasteiger partial charge in [0.1, 0.15) is 5.75 Å². The quantitative estimate of drug-likeness (QED) is 0.516. The Morgan fingerprint density at radius 2 is 1.81 bits per heavy atom. The number of rotatable bonds is 4. The van der Waals surface area contributed by atoms with Gasteiger partial charge in [0.05, 0.1) is 23.4 Å². The molecule has 0 spiro atoms. The van der Waals surface area contributed by atoms with Crippen molar-refractivity contribution >= 4 is 34.3 Å². The van der Waals surface area contributed by atoms with E-state index in [9.17, 15) is 14.4 Å². The summed E-state index contributed by atoms with van der Waals surface area (Å²) in [6.07, 6.45) is 2.06. The van der Waals surface area contributed by atoms with E-state index in [1.54, 1.807) is 31.2 Å². The first kappa shape index (κ1) is 20.4. The molecule has 1 N–H and O–H groups in total. The van der Waals surface area contributed by atoms with Crippen LogP contribution in [0.15, 0.2) is 54.7 Å². The van der Waals surface area contributed by atoms with Crippen LogP contribution in [0.5, 0.6) is 5.75 Å². The summed E-state index contributed by atoms with van der Waals surface area (Å²) in [6, 6.07) is 14.3. The molecular formula is C24H22N2O5. The van der Waals surface area contributed by atoms with Crippen LogP contribution >= 0.6 is 0 Å². The summed E-state index contributed by atoms with van der Waals surface area (Å²) in [5.74, 6) is -1.21. The van der Waals surface area contributed by atoms with Crippen molar-refractivity contribution in [3.8, 4) is 5.75 Å². The van der Waals surface area contributed by atoms with Gasteiger partial charge in [-0.1, -0.05) is 30.3 Å². The molecule has 158 valence electrons. The van der Waals surface area contributed by atoms with E-state index in [4.69, 9.17) is 9.47 Å². The Morgan fingerprint density at radius 1 is 1.06 bits per heavy atom. The molecule has 2 aromatic carbocycles. The molecule has 2 heterocycles. The number of H-pyrrole nitrogens is 1. The van der Waals surface area contributed by atoms with E-state index < -0.39 is 11.9 Å². The minimum Gasteiger partial charge on any atom is -0.462 e. The third-order valence-electron chi connectivity index (χ3n) is 5.10. The lowest BCUT2D eigenvalue weighted by atomic mass is 10.0. The smallest absolute Gasteiger partial charge is 0.341 e. The standard InChI is InChI=1S/C24H22N2O5/c1-3-30-24(29)19-14-26(23(28)18-9-5-7-11-21(18)31-15(2)27)13-12-17-16-8-4-6-10-20(16)25-22(17)19/h4-11,14,25H,3,12-13H2,1-2H3. The summed E-state index contributed by atoms with van der Waals surface area (Å²) in [7, 11) is 0. The molecule has 7 heteroatoms. The van der Waals surface area contributed by atoms with Gasteiger partial charge in [-0.25, -0.2) is 4.79 Å². The van der Waals surface area contributed by atoms with Crippen LogP contribution in [-0.4, -0.2) is 40.9 Å². The lowest BCUT2D eigenvalue weighted by molar-refractivity contribution is -0.136. The average molecular weight is 418 g/mol. The van der Waals surface area contributed by atoms with Gasteiger partial charge in [-0.2, -0.15) is 0 Å². The van der Waals surface area contributed by atoms with Gasteiger partial charge >= 0.3 is 11.9 Å². The zero-order valence-corrected chi connectivity index (χ0v) is 17.3. The highest BCUT2D eigenvalue weighted by molar-refractivity contribution is 6.18. The highest BCUT2D eigenvalue weighted by Crippen LogP contribution is 2.32. The molecule has 0 radical (unpaired) electrons. The molecule has 0 fully saturated rings. The SMILES string of the molecule is CCOC(=O)C1=CN(C(=O)c2ccccc2OC(C)=O)CCc2c1[nH]c1ccccc21. The molecule has 3 aromatic rings. The Hall–Kier alpha value is -3.87. The Bertz CT molecular complexity index is 1210. The molecule has 7 nitrogen and oxygen atoms in total. The van der Waals surface area contributed by atoms with Crippen LogP contribution in [-0.2, 0) is 20.7 Å². The summed E-state index contributed by atoms with van der Waals surface area (Å²) in [5, 5.41) is 1.00. The van der Waals surface area contributed by atoms with Gasteiger partial charge in [-0.3, -0.25) is 9.59 Å². The van der Waals surface area contributed by atoms with Gasteiger partial charge < -0.3 is 19.4 Å². The molecule has 1 aliphatic rings. The minimum absolute atomic E-state index is 0.180. The van der Waals surface area contributed by atoms with Gasteiger partial charge in [-0.05, 0) is 37.1 Å². The normalized spacial score (nSPS) is 13.2. The Kier molecular flexibility index (Phi) is 5.58. The van der Waals surface area contributed by atoms with Crippen LogP contribution in [0, 0.1) is 0 Å². The van der Waals surface area contributed by atoms with Crippen LogP contribution < -0.4 is 4.74 Å². The van der Waals surface area contributed by atoms with Crippen LogP contribution in [0.1, 0.15) is 35.5 Å². The maximum Gasteiger partial charge on any atom is 0.341 e. The highest BCUT2D eigenvalue weighted by Gasteiger charge is 2.28. The number of ether oxygens (including phenoxy) is 2. The molecule has 0 aliphatic carbocycles. The van der Waals surface area contributed by atoms with Crippen molar-refractivity contribution in [2.75, 3.05) is 13.2 Å². The molecule has 0 unspecified atom stereocenters. The maximum absolute atomic E-state index is 13.3. The molecule has 31 heavy (non-hydrogen) atoms. The summed E-state index contributed by atoms with van der Waals surface area (Å²) in [5.41, 5.74) is 3.06. The summed E-state index contributed by atoms with van der Waals surface area (Å²) < 4.78 is 10.5. The van der Waals surface area contributed by atoms with Gasteiger partial charge in [0.2, 0.25) is 0 Å². The number of carbonyl (C=O) groups excluding carboxylic acids is 3. The van der Waals surface area contributed by atoms with Crippen molar-refractivity contribution in [1.82, 2.24) is 9.88 Å². The summed E-state index contributed by atoms with van der Waals surface area (Å²) >= 11 is 0. The average Bonchev–Trinajstić information content (AvgIpc) is 3.01. The third kappa shape index (κ3) is 3.94. The molecule has 0 saturated carbocycles. The van der Waals surface area contributed by atoms with Gasteiger partial charge in [0, 0.05) is 30.6 Å². The second-order valence-corrected chi connectivity index (χ2v) is 7.13. The first-order chi connectivity index (χ1) is 15.0. The number of esters is 2. The molecular weight excluding hydrogens is 396 g/mol. The van der Waals surface area contributed by atoms with E-state index in [0.717, 1.165) is 16.5 Å². The molecule has 1 amide bonds. The fraction of sp³-hybridized carbons (Fsp3) is 0.208. The third-order valence-corrected chi connectivity index (χ3v) is 5.10. The largest absolute Gasteiger partial charge is 0.462 e. The fourth-order valence-electron chi connectivity index (χ4n) is 3.77. The second-order valence-electron chi connectivity index (χ2n) is 7.13. The van der Waals surface area contributed by atoms with Gasteiger partial charge in [0.25, 0.3) is 5.91 Å². The van der Waals surface area contributed by atoms with E-state index in [1.165, 1.54) is 18.0 Å². The topological polar surface area (TPSA) is 88.7 Å². The number of carbonyl (C=O) groups is 3. The lowest BCUT2D eigenvalue weighted by Gasteiger charge is -2.19. The van der Waals surface area contributed by atoms with Crippen molar-refractivity contribution in [2.24, 2.45) is 0 Å². The number of hydrogen-bond acceptors (Lipinski definition) is 5. The summed E-state index contributed by atoms with van der Waals surface area (Å²) in [6.45, 7) is 3.59. The number of nitrogens with one attached hydrogen (secondary N) is 1. The van der Waals surface area contributed by atoms with Gasteiger partial charge in [-0.15, -0.1) is 0 Å². The zero-order valence-electron chi connectivity index (χ0n) is 17.3. The molecule has 4 rings (SSSR count). The summed E-state index contributed by atoms with van der Waals surface area (Å²) in [4.78, 5) is 42.4. The first-order valence-corrected chi connectivity index (χ1v) is 10.1. The predicted octanol–water partition coefficient (Wildman–Crippen LogP) is 3.70. The zero-order chi connectivity index (χ0) is 22.0. The Labute approximate surface area is 179 Å². The van der Waals surface area contributed by atoms with E-state index >= 15 is 0 Å². The lowest BCUT2D eigenvalue weighted by Crippen LogP contribution is -2.28. The number of amides is 1. The van der Waals surface area contributed by atoms with E-state index in [1.807, 2.05) is 24.3 Å². The number of hydrogen-bond donors (Lipinski definition) is 1. The minimum atomic E-state index is -0.514. The van der Waals surface area contributed by atoms with Crippen LogP contribution in [0.2, 0.25) is 0 Å². The number of benzene rings is 2. The van der Waals surface area contributed by atoms with Crippen molar-refractivity contribution in [3.05, 3.63) is 71.6 Å². The van der Waals surface area contributed by atoms with Crippen LogP contribution in [0.3, 0.4) is 0 Å². The monoisotopic (exact) mass is 418 g/mol. The van der Waals surface area contributed by atoms with Crippen LogP contribution in [0.25, 0.3) is 16.5 Å². The van der Waals surface area contributed by atoms with Crippen molar-refractivity contribution in [3.63, 3.8) is 0 Å². The van der Waals surface area contributed by atoms with Crippen molar-refractivity contribution in [1.29, 1.82) is 0 Å². The van der Waals surface area contributed by atoms with E-state index in [2.05, 4.69) is 4.98 Å². The maximum atomic E-state index is 13.3. The molecule has 0 atom stereocenters. The Morgan fingerprint density at radius 3 is 2.58 bits per heavy atom. The molecule has 1 aliphatic heterocycles. The van der Waals surface area contributed by atoms with Crippen molar-refractivity contribution < 1.29 is 23.9 Å². The highest BCUT2D eigenvalue weighted by atomic mass is 16.5. The first-order valence-electron chi connectivity index (χ1n) is 10.1. The second kappa shape index (κ2) is 8.47. The number of aromatic nitrogens is 1. The van der Waals surface area contributed by atoms with E-state index in [-0.39, 0.29) is 29.4 Å². The fourth-order valence-corrected chi connectivity index (χ4v) is 3.77. The van der Waals surface area contributed by atoms with Gasteiger partial charge in [0.15, 0.2) is 0 Å². The van der Waals surface area contributed by atoms with E-state index in [0.29, 0.717) is 18.7 Å². The number of aromatic amines is 1. The predicted molar refractivity (Wildman–Crippen MR) is 115 cm³/mol. The molecule has 0 saturated heterocycles. The number of fused-ring (bicyclic) bond motifs is 3. The number of nitrogens with zero attached hydrogens (tertiary/aromatic N) is 1.